The highest BCUT2D eigenvalue weighted by molar-refractivity contribution is 7.42. The van der Waals surface area contributed by atoms with Crippen molar-refractivity contribution in [1.82, 2.24) is 5.06 Å². The standard InChI is InChI=1S/C4H9NO.H4NO2P/c6-5-3-1-2-4-5;1-4(2)3/h6H,1-4H2;2-3H,1H2. The fraction of sp³-hybridized carbons (Fsp3) is 1.00. The summed E-state index contributed by atoms with van der Waals surface area (Å²) in [4.78, 5) is 14.9. The molecule has 0 atom stereocenters. The third-order valence-corrected chi connectivity index (χ3v) is 1.08. The van der Waals surface area contributed by atoms with Crippen LogP contribution in [0.3, 0.4) is 0 Å². The molecule has 6 heteroatoms. The van der Waals surface area contributed by atoms with Crippen molar-refractivity contribution in [2.45, 2.75) is 12.8 Å². The Hall–Kier alpha value is 0.230. The van der Waals surface area contributed by atoms with Crippen molar-refractivity contribution in [3.8, 4) is 0 Å². The van der Waals surface area contributed by atoms with Crippen molar-refractivity contribution >= 4 is 8.53 Å². The average molecular weight is 168 g/mol. The van der Waals surface area contributed by atoms with Crippen LogP contribution in [0.25, 0.3) is 0 Å². The van der Waals surface area contributed by atoms with Crippen LogP contribution in [0, 0.1) is 0 Å². The van der Waals surface area contributed by atoms with Crippen molar-refractivity contribution in [2.24, 2.45) is 5.50 Å². The topological polar surface area (TPSA) is 90.0 Å². The lowest BCUT2D eigenvalue weighted by atomic mass is 10.4. The van der Waals surface area contributed by atoms with E-state index in [4.69, 9.17) is 15.0 Å². The van der Waals surface area contributed by atoms with Crippen LogP contribution >= 0.6 is 8.53 Å². The fourth-order valence-corrected chi connectivity index (χ4v) is 0.700. The third kappa shape index (κ3) is 8.23. The van der Waals surface area contributed by atoms with Gasteiger partial charge in [-0.25, -0.2) is 0 Å². The Balaban J connectivity index is 0.000000180. The van der Waals surface area contributed by atoms with E-state index in [2.05, 4.69) is 5.50 Å². The highest BCUT2D eigenvalue weighted by Crippen LogP contribution is 2.05. The van der Waals surface area contributed by atoms with Gasteiger partial charge in [0.05, 0.1) is 0 Å². The highest BCUT2D eigenvalue weighted by atomic mass is 31.2. The molecular formula is C4H13N2O3P. The third-order valence-electron chi connectivity index (χ3n) is 1.08. The minimum atomic E-state index is -2.12. The van der Waals surface area contributed by atoms with E-state index in [1.807, 2.05) is 0 Å². The number of nitrogens with two attached hydrogens (primary N) is 1. The van der Waals surface area contributed by atoms with Gasteiger partial charge in [0.25, 0.3) is 0 Å². The van der Waals surface area contributed by atoms with Crippen LogP contribution in [-0.2, 0) is 0 Å². The van der Waals surface area contributed by atoms with Gasteiger partial charge >= 0.3 is 0 Å². The van der Waals surface area contributed by atoms with Gasteiger partial charge in [-0.3, -0.25) is 5.50 Å². The monoisotopic (exact) mass is 168 g/mol. The minimum absolute atomic E-state index is 0.875. The van der Waals surface area contributed by atoms with E-state index in [-0.39, 0.29) is 0 Å². The Kier molecular flexibility index (Phi) is 6.11. The summed E-state index contributed by atoms with van der Waals surface area (Å²) in [5, 5.41) is 9.92. The summed E-state index contributed by atoms with van der Waals surface area (Å²) in [5.74, 6) is 0. The maximum Gasteiger partial charge on any atom is 0.247 e. The summed E-state index contributed by atoms with van der Waals surface area (Å²) >= 11 is 0. The molecule has 0 aromatic rings. The SMILES string of the molecule is NP(O)O.ON1CCCC1. The van der Waals surface area contributed by atoms with Gasteiger partial charge in [-0.05, 0) is 12.8 Å². The second-order valence-corrected chi connectivity index (χ2v) is 2.62. The van der Waals surface area contributed by atoms with Crippen LogP contribution in [0.5, 0.6) is 0 Å². The molecule has 0 saturated carbocycles. The molecule has 62 valence electrons. The molecule has 0 amide bonds. The maximum absolute atomic E-state index is 8.56. The molecule has 1 heterocycles. The Labute approximate surface area is 61.0 Å². The molecule has 1 aliphatic rings. The van der Waals surface area contributed by atoms with Gasteiger partial charge < -0.3 is 15.0 Å². The number of rotatable bonds is 0. The Morgan fingerprint density at radius 2 is 1.50 bits per heavy atom. The molecule has 0 unspecified atom stereocenters. The molecule has 1 rings (SSSR count). The van der Waals surface area contributed by atoms with Crippen LogP contribution in [0.15, 0.2) is 0 Å². The zero-order chi connectivity index (χ0) is 7.98. The van der Waals surface area contributed by atoms with Gasteiger partial charge in [0, 0.05) is 13.1 Å². The molecule has 0 radical (unpaired) electrons. The summed E-state index contributed by atoms with van der Waals surface area (Å²) in [7, 11) is -2.12. The van der Waals surface area contributed by atoms with Crippen LogP contribution < -0.4 is 5.50 Å². The quantitative estimate of drug-likeness (QED) is 0.370. The van der Waals surface area contributed by atoms with E-state index in [1.54, 1.807) is 0 Å². The van der Waals surface area contributed by atoms with Gasteiger partial charge in [0.1, 0.15) is 0 Å². The van der Waals surface area contributed by atoms with Gasteiger partial charge in [-0.15, -0.1) is 0 Å². The molecule has 0 bridgehead atoms. The summed E-state index contributed by atoms with van der Waals surface area (Å²) < 4.78 is 0. The molecule has 1 fully saturated rings. The first-order chi connectivity index (χ1) is 4.63. The van der Waals surface area contributed by atoms with Crippen LogP contribution in [0.1, 0.15) is 12.8 Å². The van der Waals surface area contributed by atoms with E-state index < -0.39 is 8.53 Å². The van der Waals surface area contributed by atoms with E-state index in [9.17, 15) is 0 Å². The molecule has 0 aromatic carbocycles. The van der Waals surface area contributed by atoms with E-state index in [0.717, 1.165) is 25.9 Å². The van der Waals surface area contributed by atoms with Crippen molar-refractivity contribution in [3.05, 3.63) is 0 Å². The highest BCUT2D eigenvalue weighted by Gasteiger charge is 2.05. The lowest BCUT2D eigenvalue weighted by Crippen LogP contribution is -2.11. The second-order valence-electron chi connectivity index (χ2n) is 1.98. The lowest BCUT2D eigenvalue weighted by Gasteiger charge is -1.99. The number of nitrogens with zero attached hydrogens (tertiary/aromatic N) is 1. The Morgan fingerprint density at radius 1 is 1.20 bits per heavy atom. The maximum atomic E-state index is 8.56. The molecule has 10 heavy (non-hydrogen) atoms. The molecule has 0 spiro atoms. The van der Waals surface area contributed by atoms with Gasteiger partial charge in [0.15, 0.2) is 0 Å². The van der Waals surface area contributed by atoms with Crippen molar-refractivity contribution in [1.29, 1.82) is 0 Å². The molecule has 5 N–H and O–H groups in total. The van der Waals surface area contributed by atoms with Crippen LogP contribution in [0.2, 0.25) is 0 Å². The zero-order valence-corrected chi connectivity index (χ0v) is 6.54. The smallest absolute Gasteiger partial charge is 0.247 e. The van der Waals surface area contributed by atoms with Crippen LogP contribution in [-0.4, -0.2) is 33.1 Å². The van der Waals surface area contributed by atoms with Gasteiger partial charge in [-0.2, -0.15) is 5.06 Å². The van der Waals surface area contributed by atoms with E-state index in [1.165, 1.54) is 5.06 Å². The summed E-state index contributed by atoms with van der Waals surface area (Å²) in [6.45, 7) is 1.75. The summed E-state index contributed by atoms with van der Waals surface area (Å²) in [6, 6.07) is 0. The molecular weight excluding hydrogens is 155 g/mol. The van der Waals surface area contributed by atoms with Crippen LogP contribution in [0.4, 0.5) is 0 Å². The van der Waals surface area contributed by atoms with Crippen molar-refractivity contribution in [3.63, 3.8) is 0 Å². The molecule has 1 saturated heterocycles. The van der Waals surface area contributed by atoms with E-state index in [0.29, 0.717) is 0 Å². The molecule has 5 nitrogen and oxygen atoms in total. The number of hydrogen-bond acceptors (Lipinski definition) is 5. The van der Waals surface area contributed by atoms with Crippen molar-refractivity contribution < 1.29 is 15.0 Å². The lowest BCUT2D eigenvalue weighted by molar-refractivity contribution is -0.0678. The van der Waals surface area contributed by atoms with E-state index >= 15 is 0 Å². The first-order valence-electron chi connectivity index (χ1n) is 2.99. The number of hydrogen-bond donors (Lipinski definition) is 4. The summed E-state index contributed by atoms with van der Waals surface area (Å²) in [6.07, 6.45) is 2.33. The second kappa shape index (κ2) is 5.97. The first kappa shape index (κ1) is 10.2. The summed E-state index contributed by atoms with van der Waals surface area (Å²) in [5.41, 5.74) is 4.29. The molecule has 0 aliphatic carbocycles. The largest absolute Gasteiger partial charge is 0.338 e. The zero-order valence-electron chi connectivity index (χ0n) is 5.64. The Bertz CT molecular complexity index is 74.1. The average Bonchev–Trinajstić information content (AvgIpc) is 2.15. The Morgan fingerprint density at radius 3 is 1.60 bits per heavy atom. The number of hydroxylamine groups is 2. The minimum Gasteiger partial charge on any atom is -0.338 e. The first-order valence-corrected chi connectivity index (χ1v) is 4.31. The normalized spacial score (nSPS) is 18.9. The molecule has 1 aliphatic heterocycles. The fourth-order valence-electron chi connectivity index (χ4n) is 0.700. The predicted molar refractivity (Wildman–Crippen MR) is 38.1 cm³/mol. The van der Waals surface area contributed by atoms with Crippen molar-refractivity contribution in [2.75, 3.05) is 13.1 Å². The van der Waals surface area contributed by atoms with Gasteiger partial charge in [-0.1, -0.05) is 0 Å². The molecule has 0 aromatic heterocycles. The predicted octanol–water partition coefficient (Wildman–Crippen LogP) is -0.372. The van der Waals surface area contributed by atoms with Gasteiger partial charge in [0.2, 0.25) is 8.53 Å².